The Morgan fingerprint density at radius 2 is 2.22 bits per heavy atom. The summed E-state index contributed by atoms with van der Waals surface area (Å²) in [6.45, 7) is 3.65. The minimum atomic E-state index is -0.930. The van der Waals surface area contributed by atoms with Crippen LogP contribution in [-0.2, 0) is 10.8 Å². The average Bonchev–Trinajstić information content (AvgIpc) is 2.21. The van der Waals surface area contributed by atoms with Crippen LogP contribution in [0.25, 0.3) is 0 Å². The van der Waals surface area contributed by atoms with Crippen molar-refractivity contribution in [2.75, 3.05) is 17.3 Å². The van der Waals surface area contributed by atoms with Crippen molar-refractivity contribution in [3.8, 4) is 0 Å². The van der Waals surface area contributed by atoms with Crippen LogP contribution in [0.3, 0.4) is 0 Å². The summed E-state index contributed by atoms with van der Waals surface area (Å²) in [5, 5.41) is 5.33. The van der Waals surface area contributed by atoms with E-state index >= 15 is 0 Å². The quantitative estimate of drug-likeness (QED) is 0.885. The molecule has 2 N–H and O–H groups in total. The number of amides is 2. The van der Waals surface area contributed by atoms with E-state index < -0.39 is 10.8 Å². The Morgan fingerprint density at radius 1 is 1.56 bits per heavy atom. The van der Waals surface area contributed by atoms with Gasteiger partial charge in [0.1, 0.15) is 5.82 Å². The van der Waals surface area contributed by atoms with Crippen molar-refractivity contribution >= 4 is 38.6 Å². The van der Waals surface area contributed by atoms with Crippen LogP contribution in [0.4, 0.5) is 10.6 Å². The Kier molecular flexibility index (Phi) is 5.74. The number of carbonyl (C=O) groups is 1. The first kappa shape index (κ1) is 15.1. The fourth-order valence-corrected chi connectivity index (χ4v) is 2.39. The Balaban J connectivity index is 2.54. The van der Waals surface area contributed by atoms with Gasteiger partial charge in [-0.3, -0.25) is 9.53 Å². The van der Waals surface area contributed by atoms with Gasteiger partial charge in [0, 0.05) is 33.3 Å². The monoisotopic (exact) mass is 333 g/mol. The third-order valence-electron chi connectivity index (χ3n) is 2.13. The average molecular weight is 334 g/mol. The third kappa shape index (κ3) is 5.14. The first-order valence-corrected chi connectivity index (χ1v) is 7.91. The van der Waals surface area contributed by atoms with E-state index in [4.69, 9.17) is 0 Å². The van der Waals surface area contributed by atoms with Gasteiger partial charge in [0.05, 0.1) is 5.69 Å². The van der Waals surface area contributed by atoms with Gasteiger partial charge < -0.3 is 5.32 Å². The number of urea groups is 1. The number of nitrogens with zero attached hydrogens (tertiary/aromatic N) is 1. The van der Waals surface area contributed by atoms with E-state index in [1.165, 1.54) is 0 Å². The molecule has 7 heteroatoms. The van der Waals surface area contributed by atoms with Gasteiger partial charge in [-0.25, -0.2) is 9.78 Å². The number of hydrogen-bond donors (Lipinski definition) is 2. The van der Waals surface area contributed by atoms with E-state index in [0.29, 0.717) is 11.6 Å². The summed E-state index contributed by atoms with van der Waals surface area (Å²) >= 11 is 3.34. The molecule has 1 heterocycles. The molecule has 1 aromatic rings. The molecule has 0 fully saturated rings. The molecule has 5 nitrogen and oxygen atoms in total. The van der Waals surface area contributed by atoms with Crippen LogP contribution in [0.2, 0.25) is 0 Å². The van der Waals surface area contributed by atoms with Crippen LogP contribution >= 0.6 is 15.9 Å². The van der Waals surface area contributed by atoms with E-state index in [0.717, 1.165) is 10.2 Å². The van der Waals surface area contributed by atoms with E-state index in [1.54, 1.807) is 19.2 Å². The summed E-state index contributed by atoms with van der Waals surface area (Å²) < 4.78 is 11.9. The van der Waals surface area contributed by atoms with Crippen molar-refractivity contribution in [1.29, 1.82) is 0 Å². The maximum atomic E-state index is 11.6. The first-order chi connectivity index (χ1) is 8.38. The highest BCUT2D eigenvalue weighted by Gasteiger charge is 2.09. The number of hydrogen-bond acceptors (Lipinski definition) is 3. The number of aromatic nitrogens is 1. The Labute approximate surface area is 117 Å². The van der Waals surface area contributed by atoms with Gasteiger partial charge >= 0.3 is 6.03 Å². The van der Waals surface area contributed by atoms with Crippen LogP contribution in [0.1, 0.15) is 12.6 Å². The lowest BCUT2D eigenvalue weighted by Crippen LogP contribution is -2.39. The van der Waals surface area contributed by atoms with Crippen LogP contribution in [-0.4, -0.2) is 33.3 Å². The highest BCUT2D eigenvalue weighted by atomic mass is 79.9. The lowest BCUT2D eigenvalue weighted by atomic mass is 10.3. The highest BCUT2D eigenvalue weighted by molar-refractivity contribution is 9.10. The van der Waals surface area contributed by atoms with Gasteiger partial charge in [0.15, 0.2) is 0 Å². The molecule has 2 amide bonds. The lowest BCUT2D eigenvalue weighted by molar-refractivity contribution is 0.250. The molecule has 0 aliphatic rings. The van der Waals surface area contributed by atoms with Crippen LogP contribution in [0, 0.1) is 6.92 Å². The number of carbonyl (C=O) groups excluding carboxylic acids is 1. The molecular weight excluding hydrogens is 318 g/mol. The van der Waals surface area contributed by atoms with Crippen LogP contribution in [0.15, 0.2) is 16.6 Å². The molecule has 0 bridgehead atoms. The Hall–Kier alpha value is -0.950. The Morgan fingerprint density at radius 3 is 2.78 bits per heavy atom. The molecule has 0 saturated heterocycles. The number of aryl methyl sites for hydroxylation is 1. The van der Waals surface area contributed by atoms with Crippen molar-refractivity contribution in [1.82, 2.24) is 10.3 Å². The summed E-state index contributed by atoms with van der Waals surface area (Å²) in [6.07, 6.45) is 1.61. The smallest absolute Gasteiger partial charge is 0.320 e. The third-order valence-corrected chi connectivity index (χ3v) is 3.93. The van der Waals surface area contributed by atoms with E-state index in [2.05, 4.69) is 31.5 Å². The Bertz CT molecular complexity index is 468. The molecule has 0 aliphatic carbocycles. The van der Waals surface area contributed by atoms with Crippen molar-refractivity contribution in [3.63, 3.8) is 0 Å². The van der Waals surface area contributed by atoms with Gasteiger partial charge in [-0.1, -0.05) is 0 Å². The molecule has 0 saturated carbocycles. The maximum Gasteiger partial charge on any atom is 0.320 e. The second-order valence-electron chi connectivity index (χ2n) is 4.00. The second kappa shape index (κ2) is 6.84. The van der Waals surface area contributed by atoms with Crippen LogP contribution in [0.5, 0.6) is 0 Å². The number of halogens is 1. The molecule has 18 heavy (non-hydrogen) atoms. The van der Waals surface area contributed by atoms with Gasteiger partial charge in [-0.2, -0.15) is 0 Å². The summed E-state index contributed by atoms with van der Waals surface area (Å²) in [4.78, 5) is 15.8. The minimum Gasteiger partial charge on any atom is -0.334 e. The predicted octanol–water partition coefficient (Wildman–Crippen LogP) is 2.04. The molecule has 0 radical (unpaired) electrons. The number of nitrogens with one attached hydrogen (secondary N) is 2. The van der Waals surface area contributed by atoms with E-state index in [1.807, 2.05) is 13.0 Å². The second-order valence-corrected chi connectivity index (χ2v) is 6.34. The van der Waals surface area contributed by atoms with Crippen molar-refractivity contribution in [2.45, 2.75) is 19.9 Å². The van der Waals surface area contributed by atoms with E-state index in [-0.39, 0.29) is 12.1 Å². The standard InChI is InChI=1S/C11H16BrN3O2S/c1-7(6-18(3)17)13-11(16)15-10-5-4-9(12)8(2)14-10/h4-5,7H,6H2,1-3H3,(H2,13,14,15,16)/t7-,18-/m1/s1. The van der Waals surface area contributed by atoms with Crippen molar-refractivity contribution < 1.29 is 9.00 Å². The fourth-order valence-electron chi connectivity index (χ4n) is 1.38. The SMILES string of the molecule is Cc1nc(NC(=O)N[C@H](C)C[S@@](C)=O)ccc1Br. The topological polar surface area (TPSA) is 71.1 Å². The molecule has 0 aromatic carbocycles. The summed E-state index contributed by atoms with van der Waals surface area (Å²) in [7, 11) is -0.930. The maximum absolute atomic E-state index is 11.6. The van der Waals surface area contributed by atoms with Gasteiger partial charge in [0.25, 0.3) is 0 Å². The zero-order valence-electron chi connectivity index (χ0n) is 10.5. The summed E-state index contributed by atoms with van der Waals surface area (Å²) in [5.74, 6) is 0.915. The number of rotatable bonds is 4. The normalized spacial score (nSPS) is 13.8. The van der Waals surface area contributed by atoms with Crippen molar-refractivity contribution in [2.24, 2.45) is 0 Å². The van der Waals surface area contributed by atoms with E-state index in [9.17, 15) is 9.00 Å². The summed E-state index contributed by atoms with van der Waals surface area (Å²) in [6, 6.07) is 3.04. The molecule has 2 atom stereocenters. The molecule has 0 spiro atoms. The summed E-state index contributed by atoms with van der Waals surface area (Å²) in [5.41, 5.74) is 0.801. The number of pyridine rings is 1. The lowest BCUT2D eigenvalue weighted by Gasteiger charge is -2.13. The first-order valence-electron chi connectivity index (χ1n) is 5.39. The highest BCUT2D eigenvalue weighted by Crippen LogP contribution is 2.15. The van der Waals surface area contributed by atoms with Gasteiger partial charge in [-0.15, -0.1) is 0 Å². The minimum absolute atomic E-state index is 0.146. The fraction of sp³-hybridized carbons (Fsp3) is 0.455. The van der Waals surface area contributed by atoms with Crippen LogP contribution < -0.4 is 10.6 Å². The van der Waals surface area contributed by atoms with Gasteiger partial charge in [0.2, 0.25) is 0 Å². The van der Waals surface area contributed by atoms with Crippen molar-refractivity contribution in [3.05, 3.63) is 22.3 Å². The molecule has 0 unspecified atom stereocenters. The molecule has 0 aliphatic heterocycles. The van der Waals surface area contributed by atoms with Gasteiger partial charge in [-0.05, 0) is 41.9 Å². The predicted molar refractivity (Wildman–Crippen MR) is 77.2 cm³/mol. The molecule has 100 valence electrons. The zero-order valence-corrected chi connectivity index (χ0v) is 12.9. The molecule has 1 rings (SSSR count). The number of anilines is 1. The molecular formula is C11H16BrN3O2S. The molecule has 1 aromatic heterocycles. The zero-order chi connectivity index (χ0) is 13.7. The largest absolute Gasteiger partial charge is 0.334 e.